The molecule has 1 aromatic rings. The highest BCUT2D eigenvalue weighted by molar-refractivity contribution is 6.34. The molecule has 0 heterocycles. The number of hydrogen-bond donors (Lipinski definition) is 3. The van der Waals surface area contributed by atoms with E-state index in [0.29, 0.717) is 12.1 Å². The zero-order chi connectivity index (χ0) is 14.0. The summed E-state index contributed by atoms with van der Waals surface area (Å²) in [5.74, 6) is -1.89. The maximum Gasteiger partial charge on any atom is 0.308 e. The zero-order valence-electron chi connectivity index (χ0n) is 10.2. The van der Waals surface area contributed by atoms with Gasteiger partial charge in [-0.25, -0.2) is 0 Å². The lowest BCUT2D eigenvalue weighted by Crippen LogP contribution is -2.30. The van der Waals surface area contributed by atoms with Gasteiger partial charge in [-0.2, -0.15) is 0 Å². The number of rotatable bonds is 4. The van der Waals surface area contributed by atoms with Crippen molar-refractivity contribution in [3.8, 4) is 0 Å². The molecule has 5 nitrogen and oxygen atoms in total. The summed E-state index contributed by atoms with van der Waals surface area (Å²) in [6.45, 7) is 0. The number of benzene rings is 1. The second-order valence-corrected chi connectivity index (χ2v) is 5.06. The molecule has 0 aliphatic heterocycles. The molecule has 0 radical (unpaired) electrons. The predicted octanol–water partition coefficient (Wildman–Crippen LogP) is 2.10. The van der Waals surface area contributed by atoms with Gasteiger partial charge in [0.05, 0.1) is 16.5 Å². The Morgan fingerprint density at radius 1 is 1.37 bits per heavy atom. The van der Waals surface area contributed by atoms with Crippen LogP contribution in [-0.2, 0) is 4.79 Å². The minimum absolute atomic E-state index is 0.200. The first-order valence-corrected chi connectivity index (χ1v) is 6.46. The third-order valence-electron chi connectivity index (χ3n) is 3.43. The summed E-state index contributed by atoms with van der Waals surface area (Å²) in [5.41, 5.74) is 6.01. The number of primary amides is 1. The fourth-order valence-corrected chi connectivity index (χ4v) is 2.79. The fraction of sp³-hybridized carbons (Fsp3) is 0.385. The van der Waals surface area contributed by atoms with Crippen LogP contribution in [0.1, 0.15) is 29.6 Å². The fourth-order valence-electron chi connectivity index (χ4n) is 2.52. The smallest absolute Gasteiger partial charge is 0.308 e. The van der Waals surface area contributed by atoms with Crippen LogP contribution < -0.4 is 11.1 Å². The number of nitrogens with two attached hydrogens (primary N) is 1. The van der Waals surface area contributed by atoms with Crippen LogP contribution >= 0.6 is 11.6 Å². The number of aliphatic carboxylic acids is 1. The molecule has 0 spiro atoms. The Labute approximate surface area is 115 Å². The van der Waals surface area contributed by atoms with Crippen LogP contribution in [-0.4, -0.2) is 23.0 Å². The molecule has 0 bridgehead atoms. The molecule has 1 fully saturated rings. The van der Waals surface area contributed by atoms with E-state index in [1.807, 2.05) is 0 Å². The average molecular weight is 283 g/mol. The SMILES string of the molecule is NC(=O)c1c(Cl)cccc1NC1CCCC1C(=O)O. The molecule has 1 aromatic carbocycles. The van der Waals surface area contributed by atoms with E-state index in [0.717, 1.165) is 12.8 Å². The Balaban J connectivity index is 2.26. The van der Waals surface area contributed by atoms with Crippen LogP contribution in [0.3, 0.4) is 0 Å². The molecule has 1 saturated carbocycles. The molecular formula is C13H15ClN2O3. The maximum absolute atomic E-state index is 11.4. The van der Waals surface area contributed by atoms with Gasteiger partial charge in [-0.15, -0.1) is 0 Å². The van der Waals surface area contributed by atoms with Crippen molar-refractivity contribution in [2.45, 2.75) is 25.3 Å². The molecule has 4 N–H and O–H groups in total. The van der Waals surface area contributed by atoms with Gasteiger partial charge in [0.15, 0.2) is 0 Å². The molecule has 2 atom stereocenters. The van der Waals surface area contributed by atoms with Crippen molar-refractivity contribution in [3.63, 3.8) is 0 Å². The summed E-state index contributed by atoms with van der Waals surface area (Å²) in [7, 11) is 0. The lowest BCUT2D eigenvalue weighted by Gasteiger charge is -2.20. The van der Waals surface area contributed by atoms with Crippen molar-refractivity contribution in [1.82, 2.24) is 0 Å². The topological polar surface area (TPSA) is 92.4 Å². The summed E-state index contributed by atoms with van der Waals surface area (Å²) in [5, 5.41) is 12.5. The number of carbonyl (C=O) groups is 2. The van der Waals surface area contributed by atoms with Crippen molar-refractivity contribution in [1.29, 1.82) is 0 Å². The van der Waals surface area contributed by atoms with Crippen molar-refractivity contribution < 1.29 is 14.7 Å². The summed E-state index contributed by atoms with van der Waals surface area (Å²) < 4.78 is 0. The van der Waals surface area contributed by atoms with Crippen molar-refractivity contribution in [3.05, 3.63) is 28.8 Å². The van der Waals surface area contributed by atoms with Crippen LogP contribution in [0.2, 0.25) is 5.02 Å². The van der Waals surface area contributed by atoms with Crippen LogP contribution in [0.5, 0.6) is 0 Å². The maximum atomic E-state index is 11.4. The first kappa shape index (κ1) is 13.7. The van der Waals surface area contributed by atoms with E-state index in [4.69, 9.17) is 22.4 Å². The summed E-state index contributed by atoms with van der Waals surface area (Å²) in [6.07, 6.45) is 2.24. The Morgan fingerprint density at radius 2 is 2.11 bits per heavy atom. The van der Waals surface area contributed by atoms with Gasteiger partial charge in [-0.1, -0.05) is 24.1 Å². The van der Waals surface area contributed by atoms with Crippen molar-refractivity contribution in [2.75, 3.05) is 5.32 Å². The van der Waals surface area contributed by atoms with Crippen molar-refractivity contribution in [2.24, 2.45) is 11.7 Å². The number of carbonyl (C=O) groups excluding carboxylic acids is 1. The quantitative estimate of drug-likeness (QED) is 0.788. The van der Waals surface area contributed by atoms with E-state index in [1.165, 1.54) is 0 Å². The van der Waals surface area contributed by atoms with Gasteiger partial charge in [0.2, 0.25) is 0 Å². The first-order valence-electron chi connectivity index (χ1n) is 6.08. The highest BCUT2D eigenvalue weighted by Gasteiger charge is 2.33. The molecule has 1 aliphatic carbocycles. The predicted molar refractivity (Wildman–Crippen MR) is 72.4 cm³/mol. The van der Waals surface area contributed by atoms with Crippen LogP contribution in [0, 0.1) is 5.92 Å². The second kappa shape index (κ2) is 5.48. The number of hydrogen-bond acceptors (Lipinski definition) is 3. The molecule has 0 saturated heterocycles. The standard InChI is InChI=1S/C13H15ClN2O3/c14-8-4-2-6-10(11(8)12(15)17)16-9-5-1-3-7(9)13(18)19/h2,4,6-7,9,16H,1,3,5H2,(H2,15,17)(H,18,19). The Kier molecular flexibility index (Phi) is 3.95. The number of carboxylic acids is 1. The van der Waals surface area contributed by atoms with E-state index >= 15 is 0 Å². The summed E-state index contributed by atoms with van der Waals surface area (Å²) in [4.78, 5) is 22.5. The largest absolute Gasteiger partial charge is 0.481 e. The first-order chi connectivity index (χ1) is 9.00. The van der Waals surface area contributed by atoms with E-state index in [1.54, 1.807) is 18.2 Å². The number of nitrogens with one attached hydrogen (secondary N) is 1. The molecule has 2 unspecified atom stereocenters. The molecular weight excluding hydrogens is 268 g/mol. The molecule has 2 rings (SSSR count). The van der Waals surface area contributed by atoms with Crippen LogP contribution in [0.25, 0.3) is 0 Å². The van der Waals surface area contributed by atoms with E-state index in [2.05, 4.69) is 5.32 Å². The lowest BCUT2D eigenvalue weighted by molar-refractivity contribution is -0.141. The normalized spacial score (nSPS) is 22.2. The van der Waals surface area contributed by atoms with Gasteiger partial charge in [0, 0.05) is 11.7 Å². The number of carboxylic acid groups (broad SMARTS) is 1. The third-order valence-corrected chi connectivity index (χ3v) is 3.75. The summed E-state index contributed by atoms with van der Waals surface area (Å²) in [6, 6.07) is 4.76. The molecule has 1 aliphatic rings. The van der Waals surface area contributed by atoms with Gasteiger partial charge in [-0.05, 0) is 25.0 Å². The van der Waals surface area contributed by atoms with Gasteiger partial charge >= 0.3 is 5.97 Å². The zero-order valence-corrected chi connectivity index (χ0v) is 11.0. The van der Waals surface area contributed by atoms with Gasteiger partial charge in [-0.3, -0.25) is 9.59 Å². The minimum Gasteiger partial charge on any atom is -0.481 e. The number of amides is 1. The van der Waals surface area contributed by atoms with E-state index in [-0.39, 0.29) is 16.6 Å². The highest BCUT2D eigenvalue weighted by Crippen LogP contribution is 2.31. The van der Waals surface area contributed by atoms with Crippen LogP contribution in [0.15, 0.2) is 18.2 Å². The Hall–Kier alpha value is -1.75. The Bertz CT molecular complexity index is 519. The molecule has 102 valence electrons. The van der Waals surface area contributed by atoms with E-state index in [9.17, 15) is 9.59 Å². The number of anilines is 1. The van der Waals surface area contributed by atoms with Gasteiger partial charge < -0.3 is 16.2 Å². The Morgan fingerprint density at radius 3 is 2.74 bits per heavy atom. The van der Waals surface area contributed by atoms with Gasteiger partial charge in [0.25, 0.3) is 5.91 Å². The van der Waals surface area contributed by atoms with Crippen molar-refractivity contribution >= 4 is 29.2 Å². The van der Waals surface area contributed by atoms with Gasteiger partial charge in [0.1, 0.15) is 0 Å². The highest BCUT2D eigenvalue weighted by atomic mass is 35.5. The molecule has 6 heteroatoms. The second-order valence-electron chi connectivity index (χ2n) is 4.65. The minimum atomic E-state index is -0.822. The molecule has 0 aromatic heterocycles. The average Bonchev–Trinajstić information content (AvgIpc) is 2.76. The van der Waals surface area contributed by atoms with E-state index < -0.39 is 17.8 Å². The molecule has 19 heavy (non-hydrogen) atoms. The third kappa shape index (κ3) is 2.81. The van der Waals surface area contributed by atoms with Crippen LogP contribution in [0.4, 0.5) is 5.69 Å². The molecule has 1 amide bonds. The monoisotopic (exact) mass is 282 g/mol. The number of halogens is 1. The summed E-state index contributed by atoms with van der Waals surface area (Å²) >= 11 is 5.95. The lowest BCUT2D eigenvalue weighted by atomic mass is 10.0.